The molecule has 1 aliphatic rings. The van der Waals surface area contributed by atoms with Gasteiger partial charge in [-0.15, -0.1) is 0 Å². The lowest BCUT2D eigenvalue weighted by atomic mass is 10.1. The third-order valence-electron chi connectivity index (χ3n) is 6.16. The number of halogens is 1. The van der Waals surface area contributed by atoms with Gasteiger partial charge >= 0.3 is 0 Å². The van der Waals surface area contributed by atoms with Gasteiger partial charge in [0.1, 0.15) is 6.10 Å². The normalized spacial score (nSPS) is 21.9. The molecule has 1 fully saturated rings. The van der Waals surface area contributed by atoms with Crippen molar-refractivity contribution < 1.29 is 10.2 Å². The molecular weight excluding hydrogens is 450 g/mol. The fourth-order valence-electron chi connectivity index (χ4n) is 4.32. The Labute approximate surface area is 202 Å². The summed E-state index contributed by atoms with van der Waals surface area (Å²) in [6.45, 7) is 2.42. The number of benzene rings is 2. The number of hydrogen-bond acceptors (Lipinski definition) is 6. The van der Waals surface area contributed by atoms with Gasteiger partial charge in [0.05, 0.1) is 18.5 Å². The number of nitrogens with zero attached hydrogens (tertiary/aromatic N) is 4. The molecule has 0 radical (unpaired) electrons. The highest BCUT2D eigenvalue weighted by Crippen LogP contribution is 2.37. The Hall–Kier alpha value is -3.44. The molecule has 0 bridgehead atoms. The number of anilines is 1. The van der Waals surface area contributed by atoms with Gasteiger partial charge in [-0.2, -0.15) is 0 Å². The summed E-state index contributed by atoms with van der Waals surface area (Å²) < 4.78 is 1.83. The van der Waals surface area contributed by atoms with E-state index in [9.17, 15) is 10.2 Å². The van der Waals surface area contributed by atoms with Crippen LogP contribution in [0.15, 0.2) is 60.9 Å². The van der Waals surface area contributed by atoms with Crippen molar-refractivity contribution in [3.63, 3.8) is 0 Å². The molecule has 1 aliphatic carbocycles. The molecule has 5 rings (SSSR count). The van der Waals surface area contributed by atoms with E-state index in [0.29, 0.717) is 40.8 Å². The summed E-state index contributed by atoms with van der Waals surface area (Å²) in [7, 11) is 0. The van der Waals surface area contributed by atoms with Crippen LogP contribution in [0.2, 0.25) is 5.02 Å². The van der Waals surface area contributed by atoms with Gasteiger partial charge in [-0.05, 0) is 48.1 Å². The van der Waals surface area contributed by atoms with E-state index in [0.717, 1.165) is 11.1 Å². The lowest BCUT2D eigenvalue weighted by Gasteiger charge is -2.18. The highest BCUT2D eigenvalue weighted by atomic mass is 35.5. The monoisotopic (exact) mass is 473 g/mol. The van der Waals surface area contributed by atoms with Gasteiger partial charge in [-0.1, -0.05) is 54.8 Å². The SMILES string of the molecule is CC1C[C@@H](n2cnc3c(NCc4cccc(Cl)c4)nc(C#Cc4ccccc4)nc32)[C@H](O)[C@@H]1O. The first-order valence-electron chi connectivity index (χ1n) is 11.2. The molecule has 2 heterocycles. The maximum absolute atomic E-state index is 10.6. The number of hydrogen-bond donors (Lipinski definition) is 3. The highest BCUT2D eigenvalue weighted by Gasteiger charge is 2.40. The molecule has 0 spiro atoms. The first-order valence-corrected chi connectivity index (χ1v) is 11.5. The summed E-state index contributed by atoms with van der Waals surface area (Å²) in [5.74, 6) is 7.00. The van der Waals surface area contributed by atoms with Gasteiger partial charge in [0.15, 0.2) is 17.0 Å². The van der Waals surface area contributed by atoms with Crippen molar-refractivity contribution in [2.75, 3.05) is 5.32 Å². The van der Waals surface area contributed by atoms with Gasteiger partial charge < -0.3 is 20.1 Å². The molecule has 2 aromatic carbocycles. The molecule has 4 aromatic rings. The quantitative estimate of drug-likeness (QED) is 0.390. The predicted molar refractivity (Wildman–Crippen MR) is 131 cm³/mol. The minimum absolute atomic E-state index is 0.0305. The zero-order chi connectivity index (χ0) is 23.7. The maximum atomic E-state index is 10.6. The number of rotatable bonds is 4. The minimum Gasteiger partial charge on any atom is -0.390 e. The molecule has 1 saturated carbocycles. The van der Waals surface area contributed by atoms with E-state index < -0.39 is 12.2 Å². The second-order valence-electron chi connectivity index (χ2n) is 8.58. The number of fused-ring (bicyclic) bond motifs is 1. The first-order chi connectivity index (χ1) is 16.5. The van der Waals surface area contributed by atoms with E-state index in [1.807, 2.05) is 66.1 Å². The number of imidazole rings is 1. The summed E-state index contributed by atoms with van der Waals surface area (Å²) in [6, 6.07) is 16.9. The van der Waals surface area contributed by atoms with E-state index in [-0.39, 0.29) is 12.0 Å². The van der Waals surface area contributed by atoms with Crippen molar-refractivity contribution in [2.24, 2.45) is 5.92 Å². The second-order valence-corrected chi connectivity index (χ2v) is 9.02. The van der Waals surface area contributed by atoms with E-state index in [1.54, 1.807) is 6.33 Å². The van der Waals surface area contributed by atoms with Crippen LogP contribution in [0.5, 0.6) is 0 Å². The van der Waals surface area contributed by atoms with Crippen LogP contribution < -0.4 is 5.32 Å². The van der Waals surface area contributed by atoms with E-state index in [4.69, 9.17) is 11.6 Å². The molecule has 8 heteroatoms. The van der Waals surface area contributed by atoms with Crippen molar-refractivity contribution in [1.82, 2.24) is 19.5 Å². The Morgan fingerprint density at radius 3 is 2.62 bits per heavy atom. The average Bonchev–Trinajstić information content (AvgIpc) is 3.38. The lowest BCUT2D eigenvalue weighted by Crippen LogP contribution is -2.28. The topological polar surface area (TPSA) is 96.1 Å². The van der Waals surface area contributed by atoms with Crippen molar-refractivity contribution >= 4 is 28.6 Å². The average molecular weight is 474 g/mol. The van der Waals surface area contributed by atoms with E-state index in [1.165, 1.54) is 0 Å². The summed E-state index contributed by atoms with van der Waals surface area (Å²) >= 11 is 6.13. The predicted octanol–water partition coefficient (Wildman–Crippen LogP) is 3.79. The van der Waals surface area contributed by atoms with Gasteiger partial charge in [-0.3, -0.25) is 0 Å². The second kappa shape index (κ2) is 9.43. The van der Waals surface area contributed by atoms with Crippen LogP contribution in [0.3, 0.4) is 0 Å². The van der Waals surface area contributed by atoms with E-state index >= 15 is 0 Å². The van der Waals surface area contributed by atoms with Crippen LogP contribution in [0.4, 0.5) is 5.82 Å². The fourth-order valence-corrected chi connectivity index (χ4v) is 4.54. The van der Waals surface area contributed by atoms with Gasteiger partial charge in [0, 0.05) is 17.1 Å². The highest BCUT2D eigenvalue weighted by molar-refractivity contribution is 6.30. The smallest absolute Gasteiger partial charge is 0.209 e. The largest absolute Gasteiger partial charge is 0.390 e. The van der Waals surface area contributed by atoms with Crippen LogP contribution in [0, 0.1) is 17.8 Å². The van der Waals surface area contributed by atoms with Crippen molar-refractivity contribution in [1.29, 1.82) is 0 Å². The molecule has 3 N–H and O–H groups in total. The number of nitrogens with one attached hydrogen (secondary N) is 1. The Bertz CT molecular complexity index is 1380. The zero-order valence-electron chi connectivity index (χ0n) is 18.6. The molecule has 172 valence electrons. The Morgan fingerprint density at radius 1 is 1.06 bits per heavy atom. The third kappa shape index (κ3) is 4.48. The molecule has 4 atom stereocenters. The zero-order valence-corrected chi connectivity index (χ0v) is 19.3. The molecule has 0 saturated heterocycles. The Balaban J connectivity index is 1.55. The van der Waals surface area contributed by atoms with Crippen LogP contribution in [-0.2, 0) is 6.54 Å². The first kappa shape index (κ1) is 22.4. The lowest BCUT2D eigenvalue weighted by molar-refractivity contribution is 0.00964. The molecule has 0 amide bonds. The maximum Gasteiger partial charge on any atom is 0.209 e. The van der Waals surface area contributed by atoms with Gasteiger partial charge in [-0.25, -0.2) is 15.0 Å². The molecule has 2 aromatic heterocycles. The molecule has 0 aliphatic heterocycles. The summed E-state index contributed by atoms with van der Waals surface area (Å²) in [4.78, 5) is 13.8. The molecular formula is C26H24ClN5O2. The number of aromatic nitrogens is 4. The number of aliphatic hydroxyl groups is 2. The fraction of sp³-hybridized carbons (Fsp3) is 0.269. The third-order valence-corrected chi connectivity index (χ3v) is 6.40. The van der Waals surface area contributed by atoms with Crippen LogP contribution >= 0.6 is 11.6 Å². The van der Waals surface area contributed by atoms with Crippen LogP contribution in [0.1, 0.15) is 36.3 Å². The van der Waals surface area contributed by atoms with Gasteiger partial charge in [0.2, 0.25) is 5.82 Å². The number of aliphatic hydroxyl groups excluding tert-OH is 2. The van der Waals surface area contributed by atoms with Crippen molar-refractivity contribution in [2.45, 2.75) is 38.1 Å². The Morgan fingerprint density at radius 2 is 1.88 bits per heavy atom. The standard InChI is InChI=1S/C26H24ClN5O2/c1-16-12-20(24(34)23(16)33)32-15-29-22-25(28-14-18-8-5-9-19(27)13-18)30-21(31-26(22)32)11-10-17-6-3-2-4-7-17/h2-9,13,15-16,20,23-24,33-34H,12,14H2,1H3,(H,28,30,31)/t16?,20-,23-,24+/m1/s1. The minimum atomic E-state index is -0.899. The molecule has 7 nitrogen and oxygen atoms in total. The molecule has 34 heavy (non-hydrogen) atoms. The summed E-state index contributed by atoms with van der Waals surface area (Å²) in [6.07, 6.45) is 0.580. The van der Waals surface area contributed by atoms with Crippen molar-refractivity contribution in [3.8, 4) is 11.8 Å². The Kier molecular flexibility index (Phi) is 6.20. The summed E-state index contributed by atoms with van der Waals surface area (Å²) in [5, 5.41) is 24.9. The van der Waals surface area contributed by atoms with Gasteiger partial charge in [0.25, 0.3) is 0 Å². The van der Waals surface area contributed by atoms with Crippen LogP contribution in [-0.4, -0.2) is 41.9 Å². The summed E-state index contributed by atoms with van der Waals surface area (Å²) in [5.41, 5.74) is 3.00. The molecule has 1 unspecified atom stereocenters. The van der Waals surface area contributed by atoms with E-state index in [2.05, 4.69) is 32.1 Å². The van der Waals surface area contributed by atoms with Crippen molar-refractivity contribution in [3.05, 3.63) is 82.9 Å². The van der Waals surface area contributed by atoms with Crippen LogP contribution in [0.25, 0.3) is 11.2 Å².